The molecule has 1 aliphatic carbocycles. The Labute approximate surface area is 170 Å². The molecule has 2 aromatic carbocycles. The monoisotopic (exact) mass is 393 g/mol. The zero-order valence-electron chi connectivity index (χ0n) is 16.8. The van der Waals surface area contributed by atoms with Crippen LogP contribution in [0.25, 0.3) is 22.2 Å². The van der Waals surface area contributed by atoms with E-state index in [1.807, 2.05) is 6.07 Å². The van der Waals surface area contributed by atoms with Gasteiger partial charge in [0.2, 0.25) is 0 Å². The van der Waals surface area contributed by atoms with Crippen molar-refractivity contribution in [2.24, 2.45) is 0 Å². The van der Waals surface area contributed by atoms with E-state index in [1.165, 1.54) is 61.4 Å². The molecule has 5 heteroatoms. The molecule has 0 saturated heterocycles. The number of phenols is 1. The van der Waals surface area contributed by atoms with Gasteiger partial charge in [-0.25, -0.2) is 9.78 Å². The number of hydrogen-bond donors (Lipinski definition) is 1. The molecule has 5 nitrogen and oxygen atoms in total. The zero-order valence-corrected chi connectivity index (χ0v) is 16.8. The molecule has 29 heavy (non-hydrogen) atoms. The van der Waals surface area contributed by atoms with E-state index in [4.69, 9.17) is 14.5 Å². The number of hydrogen-bond acceptors (Lipinski definition) is 4. The molecule has 0 bridgehead atoms. The highest BCUT2D eigenvalue weighted by molar-refractivity contribution is 5.94. The number of rotatable bonds is 4. The minimum Gasteiger partial charge on any atom is -0.504 e. The second-order valence-electron chi connectivity index (χ2n) is 8.03. The Hall–Kier alpha value is -2.50. The molecule has 1 aromatic heterocycles. The fourth-order valence-corrected chi connectivity index (χ4v) is 5.07. The number of ether oxygens (including phenoxy) is 1. The van der Waals surface area contributed by atoms with Gasteiger partial charge in [0, 0.05) is 16.5 Å². The molecule has 1 aliphatic heterocycles. The van der Waals surface area contributed by atoms with Gasteiger partial charge in [-0.05, 0) is 48.1 Å². The predicted molar refractivity (Wildman–Crippen MR) is 112 cm³/mol. The predicted octanol–water partition coefficient (Wildman–Crippen LogP) is 5.53. The molecular formula is C24H27NO4. The molecule has 5 rings (SSSR count). The first-order valence-electron chi connectivity index (χ1n) is 10.5. The summed E-state index contributed by atoms with van der Waals surface area (Å²) in [5.41, 5.74) is 5.90. The lowest BCUT2D eigenvalue weighted by molar-refractivity contribution is -0.282. The van der Waals surface area contributed by atoms with Crippen LogP contribution in [0.1, 0.15) is 49.1 Å². The van der Waals surface area contributed by atoms with Crippen molar-refractivity contribution < 1.29 is 19.6 Å². The van der Waals surface area contributed by atoms with Crippen LogP contribution in [0, 0.1) is 0 Å². The average Bonchev–Trinajstić information content (AvgIpc) is 2.94. The van der Waals surface area contributed by atoms with Crippen molar-refractivity contribution in [2.45, 2.75) is 51.2 Å². The maximum atomic E-state index is 10.5. The van der Waals surface area contributed by atoms with E-state index < -0.39 is 0 Å². The summed E-state index contributed by atoms with van der Waals surface area (Å²) in [6.07, 6.45) is 6.31. The second kappa shape index (κ2) is 7.73. The molecular weight excluding hydrogens is 366 g/mol. The number of fused-ring (bicyclic) bond motifs is 5. The van der Waals surface area contributed by atoms with Crippen molar-refractivity contribution >= 4 is 10.9 Å². The second-order valence-corrected chi connectivity index (χ2v) is 8.03. The van der Waals surface area contributed by atoms with Gasteiger partial charge in [0.1, 0.15) is 13.2 Å². The first kappa shape index (κ1) is 18.5. The third-order valence-corrected chi connectivity index (χ3v) is 6.34. The topological polar surface area (TPSA) is 52.9 Å². The summed E-state index contributed by atoms with van der Waals surface area (Å²) in [5.74, 6) is 1.36. The number of para-hydroxylation sites is 1. The van der Waals surface area contributed by atoms with Gasteiger partial charge in [-0.1, -0.05) is 37.5 Å². The van der Waals surface area contributed by atoms with Gasteiger partial charge >= 0.3 is 0 Å². The normalized spacial score (nSPS) is 16.9. The molecule has 0 atom stereocenters. The van der Waals surface area contributed by atoms with Crippen LogP contribution in [-0.2, 0) is 22.9 Å². The SMILES string of the molecule is COOCc1ccc2c(C3CCCCC3)c3n(c2c1)CCOc1c(O)cccc1-3. The van der Waals surface area contributed by atoms with E-state index in [9.17, 15) is 5.11 Å². The molecule has 0 amide bonds. The largest absolute Gasteiger partial charge is 0.504 e. The van der Waals surface area contributed by atoms with Crippen LogP contribution < -0.4 is 4.74 Å². The number of phenolic OH excluding ortho intramolecular Hbond substituents is 1. The smallest absolute Gasteiger partial charge is 0.170 e. The van der Waals surface area contributed by atoms with E-state index >= 15 is 0 Å². The molecule has 0 unspecified atom stereocenters. The Morgan fingerprint density at radius 1 is 1.14 bits per heavy atom. The van der Waals surface area contributed by atoms with Crippen molar-refractivity contribution in [3.05, 3.63) is 47.5 Å². The van der Waals surface area contributed by atoms with E-state index in [0.29, 0.717) is 24.9 Å². The highest BCUT2D eigenvalue weighted by Crippen LogP contribution is 2.48. The Balaban J connectivity index is 1.77. The van der Waals surface area contributed by atoms with E-state index in [-0.39, 0.29) is 5.75 Å². The lowest BCUT2D eigenvalue weighted by atomic mass is 9.81. The molecule has 1 saturated carbocycles. The van der Waals surface area contributed by atoms with Crippen molar-refractivity contribution in [3.8, 4) is 22.8 Å². The average molecular weight is 393 g/mol. The third-order valence-electron chi connectivity index (χ3n) is 6.34. The van der Waals surface area contributed by atoms with Gasteiger partial charge in [0.15, 0.2) is 11.5 Å². The highest BCUT2D eigenvalue weighted by atomic mass is 17.2. The molecule has 3 aromatic rings. The Morgan fingerprint density at radius 2 is 2.00 bits per heavy atom. The van der Waals surface area contributed by atoms with Gasteiger partial charge in [0.05, 0.1) is 19.3 Å². The van der Waals surface area contributed by atoms with Gasteiger partial charge in [0.25, 0.3) is 0 Å². The third kappa shape index (κ3) is 3.18. The standard InChI is InChI=1S/C24H27NO4/c1-27-29-15-16-10-11-18-20(14-16)25-12-13-28-24-19(8-5-9-21(24)26)23(25)22(18)17-6-3-2-4-7-17/h5,8-11,14,17,26H,2-4,6-7,12-13,15H2,1H3. The summed E-state index contributed by atoms with van der Waals surface area (Å²) in [7, 11) is 1.53. The number of aromatic nitrogens is 1. The van der Waals surface area contributed by atoms with E-state index in [1.54, 1.807) is 6.07 Å². The van der Waals surface area contributed by atoms with Gasteiger partial charge in [-0.2, -0.15) is 0 Å². The molecule has 1 fully saturated rings. The fraction of sp³-hybridized carbons (Fsp3) is 0.417. The Kier molecular flexibility index (Phi) is 4.94. The summed E-state index contributed by atoms with van der Waals surface area (Å²) >= 11 is 0. The Morgan fingerprint density at radius 3 is 2.83 bits per heavy atom. The van der Waals surface area contributed by atoms with Gasteiger partial charge < -0.3 is 14.4 Å². The minimum atomic E-state index is 0.213. The van der Waals surface area contributed by atoms with E-state index in [2.05, 4.69) is 28.8 Å². The summed E-state index contributed by atoms with van der Waals surface area (Å²) in [4.78, 5) is 9.96. The number of nitrogens with zero attached hydrogens (tertiary/aromatic N) is 1. The fourth-order valence-electron chi connectivity index (χ4n) is 5.07. The van der Waals surface area contributed by atoms with Crippen LogP contribution in [0.3, 0.4) is 0 Å². The van der Waals surface area contributed by atoms with E-state index in [0.717, 1.165) is 17.7 Å². The van der Waals surface area contributed by atoms with Crippen molar-refractivity contribution in [3.63, 3.8) is 0 Å². The summed E-state index contributed by atoms with van der Waals surface area (Å²) in [6, 6.07) is 12.3. The quantitative estimate of drug-likeness (QED) is 0.468. The summed E-state index contributed by atoms with van der Waals surface area (Å²) in [5, 5.41) is 11.8. The van der Waals surface area contributed by atoms with Gasteiger partial charge in [-0.3, -0.25) is 0 Å². The van der Waals surface area contributed by atoms with Gasteiger partial charge in [-0.15, -0.1) is 0 Å². The first-order valence-corrected chi connectivity index (χ1v) is 10.5. The molecule has 0 spiro atoms. The highest BCUT2D eigenvalue weighted by Gasteiger charge is 2.30. The lowest BCUT2D eigenvalue weighted by Gasteiger charge is -2.23. The van der Waals surface area contributed by atoms with Crippen LogP contribution in [0.15, 0.2) is 36.4 Å². The van der Waals surface area contributed by atoms with Crippen LogP contribution >= 0.6 is 0 Å². The number of aromatic hydroxyl groups is 1. The maximum Gasteiger partial charge on any atom is 0.170 e. The zero-order chi connectivity index (χ0) is 19.8. The van der Waals surface area contributed by atoms with Crippen LogP contribution in [0.5, 0.6) is 11.5 Å². The molecule has 1 N–H and O–H groups in total. The maximum absolute atomic E-state index is 10.5. The first-order chi connectivity index (χ1) is 14.3. The van der Waals surface area contributed by atoms with Crippen molar-refractivity contribution in [1.29, 1.82) is 0 Å². The summed E-state index contributed by atoms with van der Waals surface area (Å²) in [6.45, 7) is 1.70. The summed E-state index contributed by atoms with van der Waals surface area (Å²) < 4.78 is 8.37. The van der Waals surface area contributed by atoms with Crippen LogP contribution in [0.4, 0.5) is 0 Å². The number of benzene rings is 2. The van der Waals surface area contributed by atoms with Crippen molar-refractivity contribution in [1.82, 2.24) is 4.57 Å². The lowest BCUT2D eigenvalue weighted by Crippen LogP contribution is -2.07. The Bertz CT molecular complexity index is 1030. The molecule has 2 heterocycles. The molecule has 152 valence electrons. The van der Waals surface area contributed by atoms with Crippen molar-refractivity contribution in [2.75, 3.05) is 13.7 Å². The molecule has 0 radical (unpaired) electrons. The van der Waals surface area contributed by atoms with Crippen LogP contribution in [-0.4, -0.2) is 23.4 Å². The molecule has 2 aliphatic rings. The minimum absolute atomic E-state index is 0.213. The van der Waals surface area contributed by atoms with Crippen LogP contribution in [0.2, 0.25) is 0 Å².